The zero-order valence-electron chi connectivity index (χ0n) is 14.9. The number of hydrogen-bond acceptors (Lipinski definition) is 1. The van der Waals surface area contributed by atoms with Crippen LogP contribution in [0.3, 0.4) is 0 Å². The lowest BCUT2D eigenvalue weighted by atomic mass is 9.96. The summed E-state index contributed by atoms with van der Waals surface area (Å²) >= 11 is 0. The topological polar surface area (TPSA) is 29.1 Å². The summed E-state index contributed by atoms with van der Waals surface area (Å²) < 4.78 is 55.5. The Labute approximate surface area is 154 Å². The standard InChI is InChI=1S/C20H22F3NOS/c1-19(2,3)26(25)24-18(20(21,22)23)17(16-12-8-5-9-13-16)14-15-10-6-4-7-11-15/h4-14,18,24H,1-3H3/b17-14+/t18-,26?/m0/s1. The first-order valence-electron chi connectivity index (χ1n) is 8.16. The van der Waals surface area contributed by atoms with Crippen molar-refractivity contribution in [3.8, 4) is 0 Å². The van der Waals surface area contributed by atoms with Crippen molar-refractivity contribution in [3.63, 3.8) is 0 Å². The number of rotatable bonds is 5. The molecule has 2 nitrogen and oxygen atoms in total. The maximum atomic E-state index is 13.9. The van der Waals surface area contributed by atoms with Crippen LogP contribution in [0, 0.1) is 0 Å². The van der Waals surface area contributed by atoms with Crippen molar-refractivity contribution in [3.05, 3.63) is 71.8 Å². The fourth-order valence-electron chi connectivity index (χ4n) is 2.28. The maximum Gasteiger partial charge on any atom is 0.408 e. The molecule has 0 saturated heterocycles. The Morgan fingerprint density at radius 2 is 1.46 bits per heavy atom. The summed E-state index contributed by atoms with van der Waals surface area (Å²) in [5, 5.41) is 0. The van der Waals surface area contributed by atoms with E-state index in [0.29, 0.717) is 11.1 Å². The Morgan fingerprint density at radius 3 is 1.92 bits per heavy atom. The van der Waals surface area contributed by atoms with Crippen LogP contribution < -0.4 is 4.72 Å². The summed E-state index contributed by atoms with van der Waals surface area (Å²) in [6.07, 6.45) is -3.11. The van der Waals surface area contributed by atoms with E-state index in [2.05, 4.69) is 4.72 Å². The monoisotopic (exact) mass is 381 g/mol. The Bertz CT molecular complexity index is 765. The van der Waals surface area contributed by atoms with E-state index < -0.39 is 28.0 Å². The zero-order valence-corrected chi connectivity index (χ0v) is 15.7. The molecule has 1 unspecified atom stereocenters. The Hall–Kier alpha value is -1.92. The van der Waals surface area contributed by atoms with E-state index >= 15 is 0 Å². The van der Waals surface area contributed by atoms with E-state index in [-0.39, 0.29) is 5.57 Å². The third-order valence-electron chi connectivity index (χ3n) is 3.65. The first-order valence-corrected chi connectivity index (χ1v) is 9.31. The van der Waals surface area contributed by atoms with Crippen LogP contribution in [0.2, 0.25) is 0 Å². The van der Waals surface area contributed by atoms with Gasteiger partial charge in [-0.15, -0.1) is 0 Å². The van der Waals surface area contributed by atoms with Gasteiger partial charge in [-0.1, -0.05) is 60.7 Å². The molecule has 0 saturated carbocycles. The highest BCUT2D eigenvalue weighted by Crippen LogP contribution is 2.33. The first-order chi connectivity index (χ1) is 12.1. The van der Waals surface area contributed by atoms with Gasteiger partial charge in [-0.2, -0.15) is 13.2 Å². The average molecular weight is 381 g/mol. The fraction of sp³-hybridized carbons (Fsp3) is 0.300. The van der Waals surface area contributed by atoms with E-state index in [1.54, 1.807) is 81.4 Å². The Balaban J connectivity index is 2.56. The molecule has 0 aliphatic rings. The molecule has 2 aromatic carbocycles. The predicted molar refractivity (Wildman–Crippen MR) is 102 cm³/mol. The molecule has 0 fully saturated rings. The van der Waals surface area contributed by atoms with Gasteiger partial charge in [-0.05, 0) is 43.5 Å². The largest absolute Gasteiger partial charge is 0.408 e. The van der Waals surface area contributed by atoms with E-state index in [9.17, 15) is 17.4 Å². The Morgan fingerprint density at radius 1 is 0.962 bits per heavy atom. The van der Waals surface area contributed by atoms with E-state index in [0.717, 1.165) is 0 Å². The molecular formula is C20H22F3NOS. The van der Waals surface area contributed by atoms with Crippen molar-refractivity contribution in [1.82, 2.24) is 4.72 Å². The molecule has 0 aliphatic heterocycles. The van der Waals surface area contributed by atoms with Crippen LogP contribution in [-0.4, -0.2) is 21.2 Å². The van der Waals surface area contributed by atoms with Crippen LogP contribution in [0.15, 0.2) is 60.7 Å². The van der Waals surface area contributed by atoms with Gasteiger partial charge in [0.1, 0.15) is 6.04 Å². The Kier molecular flexibility index (Phi) is 6.42. The summed E-state index contributed by atoms with van der Waals surface area (Å²) in [6, 6.07) is 15.1. The molecule has 0 aliphatic carbocycles. The lowest BCUT2D eigenvalue weighted by Crippen LogP contribution is -2.48. The molecule has 6 heteroatoms. The molecule has 2 rings (SSSR count). The van der Waals surface area contributed by atoms with Crippen molar-refractivity contribution in [1.29, 1.82) is 0 Å². The van der Waals surface area contributed by atoms with Crippen molar-refractivity contribution in [2.24, 2.45) is 0 Å². The number of hydrogen-bond donors (Lipinski definition) is 1. The van der Waals surface area contributed by atoms with Gasteiger partial charge < -0.3 is 0 Å². The molecule has 0 aromatic heterocycles. The lowest BCUT2D eigenvalue weighted by Gasteiger charge is -2.28. The molecule has 0 amide bonds. The van der Waals surface area contributed by atoms with E-state index in [1.165, 1.54) is 6.08 Å². The second-order valence-corrected chi connectivity index (χ2v) is 8.85. The summed E-state index contributed by atoms with van der Waals surface area (Å²) in [7, 11) is -1.88. The minimum absolute atomic E-state index is 0.0295. The van der Waals surface area contributed by atoms with E-state index in [1.807, 2.05) is 0 Å². The summed E-state index contributed by atoms with van der Waals surface area (Å²) in [5.41, 5.74) is 1.10. The third kappa shape index (κ3) is 5.54. The molecule has 26 heavy (non-hydrogen) atoms. The maximum absolute atomic E-state index is 13.9. The van der Waals surface area contributed by atoms with Gasteiger partial charge in [0.2, 0.25) is 0 Å². The van der Waals surface area contributed by atoms with Gasteiger partial charge in [0.15, 0.2) is 0 Å². The van der Waals surface area contributed by atoms with E-state index in [4.69, 9.17) is 0 Å². The second-order valence-electron chi connectivity index (χ2n) is 6.85. The van der Waals surface area contributed by atoms with Crippen LogP contribution in [0.1, 0.15) is 31.9 Å². The third-order valence-corrected chi connectivity index (χ3v) is 5.21. The molecule has 1 N–H and O–H groups in total. The van der Waals surface area contributed by atoms with Crippen LogP contribution in [0.25, 0.3) is 11.6 Å². The highest BCUT2D eigenvalue weighted by Gasteiger charge is 2.44. The number of benzene rings is 2. The first kappa shape index (κ1) is 20.4. The molecular weight excluding hydrogens is 359 g/mol. The van der Waals surface area contributed by atoms with Gasteiger partial charge in [-0.3, -0.25) is 0 Å². The fourth-order valence-corrected chi connectivity index (χ4v) is 3.11. The van der Waals surface area contributed by atoms with Crippen LogP contribution in [0.4, 0.5) is 13.2 Å². The average Bonchev–Trinajstić information content (AvgIpc) is 2.57. The zero-order chi connectivity index (χ0) is 19.4. The molecule has 0 heterocycles. The number of nitrogens with one attached hydrogen (secondary N) is 1. The summed E-state index contributed by atoms with van der Waals surface area (Å²) in [5.74, 6) is 0. The molecule has 0 spiro atoms. The van der Waals surface area contributed by atoms with Crippen molar-refractivity contribution < 1.29 is 17.4 Å². The van der Waals surface area contributed by atoms with Gasteiger partial charge in [0.25, 0.3) is 0 Å². The number of halogens is 3. The summed E-state index contributed by atoms with van der Waals surface area (Å²) in [4.78, 5) is 0. The van der Waals surface area contributed by atoms with Crippen molar-refractivity contribution >= 4 is 22.6 Å². The second kappa shape index (κ2) is 8.18. The smallest absolute Gasteiger partial charge is 0.242 e. The normalized spacial score (nSPS) is 15.5. The molecule has 0 radical (unpaired) electrons. The number of alkyl halides is 3. The van der Waals surface area contributed by atoms with Crippen LogP contribution in [0.5, 0.6) is 0 Å². The summed E-state index contributed by atoms with van der Waals surface area (Å²) in [6.45, 7) is 4.89. The van der Waals surface area contributed by atoms with Gasteiger partial charge in [0, 0.05) is 0 Å². The quantitative estimate of drug-likeness (QED) is 0.708. The molecule has 140 valence electrons. The predicted octanol–water partition coefficient (Wildman–Crippen LogP) is 5.21. The van der Waals surface area contributed by atoms with Crippen LogP contribution >= 0.6 is 0 Å². The lowest BCUT2D eigenvalue weighted by molar-refractivity contribution is -0.137. The molecule has 2 atom stereocenters. The van der Waals surface area contributed by atoms with Gasteiger partial charge in [0.05, 0.1) is 15.7 Å². The van der Waals surface area contributed by atoms with Gasteiger partial charge >= 0.3 is 6.18 Å². The van der Waals surface area contributed by atoms with Crippen molar-refractivity contribution in [2.45, 2.75) is 37.7 Å². The minimum atomic E-state index is -4.60. The van der Waals surface area contributed by atoms with Crippen LogP contribution in [-0.2, 0) is 11.0 Å². The highest BCUT2D eigenvalue weighted by atomic mass is 32.2. The minimum Gasteiger partial charge on any atom is -0.242 e. The molecule has 2 aromatic rings. The van der Waals surface area contributed by atoms with Crippen molar-refractivity contribution in [2.75, 3.05) is 0 Å². The molecule has 0 bridgehead atoms. The van der Waals surface area contributed by atoms with Gasteiger partial charge in [-0.25, -0.2) is 8.93 Å². The SMILES string of the molecule is CC(C)(C)S(=O)N[C@@H](/C(=C/c1ccccc1)c1ccccc1)C(F)(F)F. The highest BCUT2D eigenvalue weighted by molar-refractivity contribution is 7.84.